The summed E-state index contributed by atoms with van der Waals surface area (Å²) in [4.78, 5) is 11.9. The molecule has 0 saturated heterocycles. The first-order chi connectivity index (χ1) is 9.06. The molecule has 1 N–H and O–H groups in total. The van der Waals surface area contributed by atoms with Gasteiger partial charge in [0.05, 0.1) is 5.69 Å². The summed E-state index contributed by atoms with van der Waals surface area (Å²) in [5, 5.41) is 7.72. The number of rotatable bonds is 4. The largest absolute Gasteiger partial charge is 0.311 e. The second-order valence-corrected chi connectivity index (χ2v) is 4.84. The van der Waals surface area contributed by atoms with Crippen molar-refractivity contribution >= 4 is 23.3 Å². The average Bonchev–Trinajstić information content (AvgIpc) is 2.67. The fourth-order valence-electron chi connectivity index (χ4n) is 1.88. The zero-order chi connectivity index (χ0) is 13.8. The van der Waals surface area contributed by atoms with Gasteiger partial charge in [0.15, 0.2) is 0 Å². The Bertz CT molecular complexity index is 592. The van der Waals surface area contributed by atoms with Crippen LogP contribution < -0.4 is 5.32 Å². The Hall–Kier alpha value is -1.81. The summed E-state index contributed by atoms with van der Waals surface area (Å²) >= 11 is 6.05. The Labute approximate surface area is 117 Å². The lowest BCUT2D eigenvalue weighted by Gasteiger charge is -2.06. The molecule has 0 aliphatic carbocycles. The molecule has 2 aromatic rings. The Morgan fingerprint density at radius 1 is 1.42 bits per heavy atom. The van der Waals surface area contributed by atoms with Crippen molar-refractivity contribution in [2.24, 2.45) is 7.05 Å². The van der Waals surface area contributed by atoms with E-state index in [2.05, 4.69) is 10.4 Å². The highest BCUT2D eigenvalue weighted by atomic mass is 35.5. The molecule has 0 spiro atoms. The first-order valence-electron chi connectivity index (χ1n) is 6.10. The van der Waals surface area contributed by atoms with Gasteiger partial charge in [0.25, 0.3) is 0 Å². The van der Waals surface area contributed by atoms with Crippen LogP contribution in [0.3, 0.4) is 0 Å². The standard InChI is InChI=1S/C14H16ClN3O/c1-10-9-13(18(2)17-10)16-14(19)8-7-11-5-3-4-6-12(11)15/h3-6,9H,7-8H2,1-2H3,(H,16,19). The van der Waals surface area contributed by atoms with Crippen molar-refractivity contribution in [1.82, 2.24) is 9.78 Å². The van der Waals surface area contributed by atoms with Crippen LogP contribution in [0, 0.1) is 6.92 Å². The van der Waals surface area contributed by atoms with Crippen LogP contribution in [0.2, 0.25) is 5.02 Å². The number of aromatic nitrogens is 2. The van der Waals surface area contributed by atoms with Crippen LogP contribution in [0.4, 0.5) is 5.82 Å². The maximum absolute atomic E-state index is 11.9. The van der Waals surface area contributed by atoms with Crippen molar-refractivity contribution in [2.75, 3.05) is 5.32 Å². The van der Waals surface area contributed by atoms with E-state index in [1.54, 1.807) is 11.7 Å². The van der Waals surface area contributed by atoms with E-state index >= 15 is 0 Å². The van der Waals surface area contributed by atoms with E-state index in [1.165, 1.54) is 0 Å². The molecule has 19 heavy (non-hydrogen) atoms. The minimum Gasteiger partial charge on any atom is -0.311 e. The van der Waals surface area contributed by atoms with E-state index in [1.807, 2.05) is 37.3 Å². The number of amides is 1. The van der Waals surface area contributed by atoms with Crippen molar-refractivity contribution in [1.29, 1.82) is 0 Å². The smallest absolute Gasteiger partial charge is 0.225 e. The molecule has 0 radical (unpaired) electrons. The van der Waals surface area contributed by atoms with Crippen LogP contribution in [-0.2, 0) is 18.3 Å². The summed E-state index contributed by atoms with van der Waals surface area (Å²) in [7, 11) is 1.80. The van der Waals surface area contributed by atoms with Crippen molar-refractivity contribution < 1.29 is 4.79 Å². The summed E-state index contributed by atoms with van der Waals surface area (Å²) in [6, 6.07) is 9.41. The number of nitrogens with zero attached hydrogens (tertiary/aromatic N) is 2. The third kappa shape index (κ3) is 3.58. The summed E-state index contributed by atoms with van der Waals surface area (Å²) in [6.45, 7) is 1.89. The highest BCUT2D eigenvalue weighted by Gasteiger charge is 2.08. The number of benzene rings is 1. The number of nitrogens with one attached hydrogen (secondary N) is 1. The number of anilines is 1. The molecule has 5 heteroatoms. The SMILES string of the molecule is Cc1cc(NC(=O)CCc2ccccc2Cl)n(C)n1. The van der Waals surface area contributed by atoms with Crippen LogP contribution in [0.5, 0.6) is 0 Å². The van der Waals surface area contributed by atoms with Crippen molar-refractivity contribution in [3.05, 3.63) is 46.6 Å². The van der Waals surface area contributed by atoms with Gasteiger partial charge in [-0.1, -0.05) is 29.8 Å². The van der Waals surface area contributed by atoms with Crippen molar-refractivity contribution in [3.8, 4) is 0 Å². The summed E-state index contributed by atoms with van der Waals surface area (Å²) in [5.41, 5.74) is 1.87. The van der Waals surface area contributed by atoms with E-state index in [9.17, 15) is 4.79 Å². The minimum absolute atomic E-state index is 0.0390. The van der Waals surface area contributed by atoms with E-state index < -0.39 is 0 Å². The van der Waals surface area contributed by atoms with Gasteiger partial charge in [0.1, 0.15) is 5.82 Å². The molecule has 0 aliphatic rings. The molecule has 1 heterocycles. The molecule has 1 amide bonds. The zero-order valence-corrected chi connectivity index (χ0v) is 11.7. The molecule has 4 nitrogen and oxygen atoms in total. The molecular weight excluding hydrogens is 262 g/mol. The third-order valence-electron chi connectivity index (χ3n) is 2.85. The van der Waals surface area contributed by atoms with Crippen molar-refractivity contribution in [3.63, 3.8) is 0 Å². The fourth-order valence-corrected chi connectivity index (χ4v) is 2.11. The lowest BCUT2D eigenvalue weighted by Crippen LogP contribution is -2.14. The minimum atomic E-state index is -0.0390. The molecule has 0 unspecified atom stereocenters. The normalized spacial score (nSPS) is 10.5. The van der Waals surface area contributed by atoms with Crippen LogP contribution >= 0.6 is 11.6 Å². The maximum Gasteiger partial charge on any atom is 0.225 e. The van der Waals surface area contributed by atoms with E-state index in [4.69, 9.17) is 11.6 Å². The van der Waals surface area contributed by atoms with Gasteiger partial charge < -0.3 is 5.32 Å². The molecule has 0 bridgehead atoms. The maximum atomic E-state index is 11.9. The van der Waals surface area contributed by atoms with Gasteiger partial charge in [-0.25, -0.2) is 0 Å². The highest BCUT2D eigenvalue weighted by molar-refractivity contribution is 6.31. The van der Waals surface area contributed by atoms with Crippen LogP contribution in [0.1, 0.15) is 17.7 Å². The Morgan fingerprint density at radius 3 is 2.79 bits per heavy atom. The second kappa shape index (κ2) is 5.89. The molecule has 0 saturated carbocycles. The molecule has 0 aliphatic heterocycles. The summed E-state index contributed by atoms with van der Waals surface area (Å²) < 4.78 is 1.66. The van der Waals surface area contributed by atoms with Crippen LogP contribution in [-0.4, -0.2) is 15.7 Å². The quantitative estimate of drug-likeness (QED) is 0.934. The van der Waals surface area contributed by atoms with E-state index in [-0.39, 0.29) is 5.91 Å². The summed E-state index contributed by atoms with van der Waals surface area (Å²) in [5.74, 6) is 0.671. The molecule has 1 aromatic heterocycles. The van der Waals surface area contributed by atoms with Gasteiger partial charge in [-0.15, -0.1) is 0 Å². The second-order valence-electron chi connectivity index (χ2n) is 4.43. The molecule has 1 aromatic carbocycles. The average molecular weight is 278 g/mol. The predicted octanol–water partition coefficient (Wildman–Crippen LogP) is 2.95. The topological polar surface area (TPSA) is 46.9 Å². The lowest BCUT2D eigenvalue weighted by atomic mass is 10.1. The Balaban J connectivity index is 1.92. The molecule has 2 rings (SSSR count). The number of carbonyl (C=O) groups is 1. The number of halogens is 1. The van der Waals surface area contributed by atoms with Gasteiger partial charge in [0, 0.05) is 24.6 Å². The fraction of sp³-hybridized carbons (Fsp3) is 0.286. The first-order valence-corrected chi connectivity index (χ1v) is 6.48. The van der Waals surface area contributed by atoms with E-state index in [0.717, 1.165) is 11.3 Å². The van der Waals surface area contributed by atoms with Crippen LogP contribution in [0.15, 0.2) is 30.3 Å². The number of hydrogen-bond acceptors (Lipinski definition) is 2. The monoisotopic (exact) mass is 277 g/mol. The Kier molecular flexibility index (Phi) is 4.22. The highest BCUT2D eigenvalue weighted by Crippen LogP contribution is 2.17. The third-order valence-corrected chi connectivity index (χ3v) is 3.22. The molecular formula is C14H16ClN3O. The van der Waals surface area contributed by atoms with Crippen LogP contribution in [0.25, 0.3) is 0 Å². The van der Waals surface area contributed by atoms with Crippen molar-refractivity contribution in [2.45, 2.75) is 19.8 Å². The molecule has 0 fully saturated rings. The number of carbonyl (C=O) groups excluding carboxylic acids is 1. The van der Waals surface area contributed by atoms with Gasteiger partial charge in [-0.3, -0.25) is 9.48 Å². The van der Waals surface area contributed by atoms with Gasteiger partial charge in [-0.05, 0) is 25.0 Å². The van der Waals surface area contributed by atoms with Gasteiger partial charge in [0.2, 0.25) is 5.91 Å². The zero-order valence-electron chi connectivity index (χ0n) is 11.0. The predicted molar refractivity (Wildman–Crippen MR) is 76.3 cm³/mol. The number of aryl methyl sites for hydroxylation is 3. The number of hydrogen-bond donors (Lipinski definition) is 1. The Morgan fingerprint density at radius 2 is 2.16 bits per heavy atom. The summed E-state index contributed by atoms with van der Waals surface area (Å²) in [6.07, 6.45) is 1.02. The van der Waals surface area contributed by atoms with Gasteiger partial charge >= 0.3 is 0 Å². The molecule has 0 atom stereocenters. The first kappa shape index (κ1) is 13.6. The molecule has 100 valence electrons. The lowest BCUT2D eigenvalue weighted by molar-refractivity contribution is -0.116. The van der Waals surface area contributed by atoms with Gasteiger partial charge in [-0.2, -0.15) is 5.10 Å². The van der Waals surface area contributed by atoms with E-state index in [0.29, 0.717) is 23.7 Å².